The van der Waals surface area contributed by atoms with Crippen LogP contribution in [0.5, 0.6) is 0 Å². The predicted molar refractivity (Wildman–Crippen MR) is 88.7 cm³/mol. The summed E-state index contributed by atoms with van der Waals surface area (Å²) in [6.45, 7) is 2.33. The summed E-state index contributed by atoms with van der Waals surface area (Å²) in [5.41, 5.74) is 1.50. The van der Waals surface area contributed by atoms with Crippen molar-refractivity contribution in [1.82, 2.24) is 5.32 Å². The van der Waals surface area contributed by atoms with Gasteiger partial charge in [-0.1, -0.05) is 0 Å². The molecule has 0 spiro atoms. The molecule has 1 atom stereocenters. The second-order valence-electron chi connectivity index (χ2n) is 5.31. The van der Waals surface area contributed by atoms with Gasteiger partial charge in [0.1, 0.15) is 12.4 Å². The standard InChI is InChI=1S/C16H20BrNO2S/c17-16-10-13-14(5-1-6-15(13)21-16)18-7-3-8-19-11-12-4-2-9-20-12/h2,4,9-10,14,18H,1,3,5-8,11H2. The van der Waals surface area contributed by atoms with Gasteiger partial charge < -0.3 is 14.5 Å². The van der Waals surface area contributed by atoms with Gasteiger partial charge in [0.25, 0.3) is 0 Å². The molecule has 0 fully saturated rings. The molecule has 2 aromatic heterocycles. The van der Waals surface area contributed by atoms with Gasteiger partial charge in [0.05, 0.1) is 10.0 Å². The van der Waals surface area contributed by atoms with Crippen LogP contribution in [-0.4, -0.2) is 13.2 Å². The molecular formula is C16H20BrNO2S. The summed E-state index contributed by atoms with van der Waals surface area (Å²) in [6, 6.07) is 6.63. The van der Waals surface area contributed by atoms with Gasteiger partial charge in [0.15, 0.2) is 0 Å². The molecule has 3 rings (SSSR count). The molecule has 3 nitrogen and oxygen atoms in total. The minimum absolute atomic E-state index is 0.515. The fraction of sp³-hybridized carbons (Fsp3) is 0.500. The Balaban J connectivity index is 1.36. The molecule has 21 heavy (non-hydrogen) atoms. The molecule has 0 saturated heterocycles. The predicted octanol–water partition coefficient (Wildman–Crippen LogP) is 4.68. The molecule has 0 bridgehead atoms. The number of hydrogen-bond acceptors (Lipinski definition) is 4. The lowest BCUT2D eigenvalue weighted by Crippen LogP contribution is -2.25. The van der Waals surface area contributed by atoms with Crippen LogP contribution in [-0.2, 0) is 17.8 Å². The third kappa shape index (κ3) is 4.19. The lowest BCUT2D eigenvalue weighted by atomic mass is 9.94. The van der Waals surface area contributed by atoms with Gasteiger partial charge in [-0.05, 0) is 71.9 Å². The molecule has 1 aliphatic rings. The molecule has 2 heterocycles. The van der Waals surface area contributed by atoms with Crippen LogP contribution in [0.25, 0.3) is 0 Å². The van der Waals surface area contributed by atoms with E-state index in [0.29, 0.717) is 12.6 Å². The zero-order chi connectivity index (χ0) is 14.5. The van der Waals surface area contributed by atoms with Crippen molar-refractivity contribution in [2.45, 2.75) is 38.3 Å². The summed E-state index contributed by atoms with van der Waals surface area (Å²) in [6.07, 6.45) is 6.46. The highest BCUT2D eigenvalue weighted by Crippen LogP contribution is 2.37. The monoisotopic (exact) mass is 369 g/mol. The number of fused-ring (bicyclic) bond motifs is 1. The minimum atomic E-state index is 0.515. The number of rotatable bonds is 7. The number of aryl methyl sites for hydroxylation is 1. The Kier molecular flexibility index (Phi) is 5.52. The van der Waals surface area contributed by atoms with Crippen molar-refractivity contribution in [3.05, 3.63) is 44.4 Å². The van der Waals surface area contributed by atoms with Crippen LogP contribution in [0, 0.1) is 0 Å². The molecule has 1 N–H and O–H groups in total. The molecule has 0 amide bonds. The first-order valence-corrected chi connectivity index (χ1v) is 9.05. The number of furan rings is 1. The fourth-order valence-corrected chi connectivity index (χ4v) is 4.57. The molecule has 1 aliphatic carbocycles. The maximum Gasteiger partial charge on any atom is 0.129 e. The first-order valence-electron chi connectivity index (χ1n) is 7.44. The van der Waals surface area contributed by atoms with E-state index >= 15 is 0 Å². The second kappa shape index (κ2) is 7.58. The van der Waals surface area contributed by atoms with Gasteiger partial charge in [0.2, 0.25) is 0 Å². The van der Waals surface area contributed by atoms with Crippen LogP contribution >= 0.6 is 27.3 Å². The van der Waals surface area contributed by atoms with E-state index in [1.54, 1.807) is 11.1 Å². The SMILES string of the molecule is Brc1cc2c(s1)CCCC2NCCCOCc1ccco1. The van der Waals surface area contributed by atoms with Gasteiger partial charge in [-0.2, -0.15) is 0 Å². The van der Waals surface area contributed by atoms with E-state index in [9.17, 15) is 0 Å². The van der Waals surface area contributed by atoms with E-state index in [4.69, 9.17) is 9.15 Å². The van der Waals surface area contributed by atoms with Crippen molar-refractivity contribution in [3.63, 3.8) is 0 Å². The van der Waals surface area contributed by atoms with E-state index in [-0.39, 0.29) is 0 Å². The molecule has 2 aromatic rings. The van der Waals surface area contributed by atoms with E-state index in [1.165, 1.54) is 28.6 Å². The van der Waals surface area contributed by atoms with E-state index in [1.807, 2.05) is 23.5 Å². The van der Waals surface area contributed by atoms with Crippen molar-refractivity contribution in [2.75, 3.05) is 13.2 Å². The molecule has 0 radical (unpaired) electrons. The zero-order valence-electron chi connectivity index (χ0n) is 11.9. The summed E-state index contributed by atoms with van der Waals surface area (Å²) in [5.74, 6) is 0.892. The van der Waals surface area contributed by atoms with Crippen molar-refractivity contribution in [2.24, 2.45) is 0 Å². The molecule has 114 valence electrons. The zero-order valence-corrected chi connectivity index (χ0v) is 14.3. The highest BCUT2D eigenvalue weighted by molar-refractivity contribution is 9.11. The van der Waals surface area contributed by atoms with Gasteiger partial charge in [-0.15, -0.1) is 11.3 Å². The third-order valence-corrected chi connectivity index (χ3v) is 5.48. The molecule has 1 unspecified atom stereocenters. The van der Waals surface area contributed by atoms with Gasteiger partial charge in [-0.3, -0.25) is 0 Å². The number of hydrogen-bond donors (Lipinski definition) is 1. The van der Waals surface area contributed by atoms with Crippen LogP contribution in [0.1, 0.15) is 41.5 Å². The number of halogens is 1. The Morgan fingerprint density at radius 3 is 3.29 bits per heavy atom. The summed E-state index contributed by atoms with van der Waals surface area (Å²) in [7, 11) is 0. The molecule has 0 aliphatic heterocycles. The largest absolute Gasteiger partial charge is 0.467 e. The van der Waals surface area contributed by atoms with Crippen LogP contribution < -0.4 is 5.32 Å². The van der Waals surface area contributed by atoms with Crippen molar-refractivity contribution < 1.29 is 9.15 Å². The van der Waals surface area contributed by atoms with Crippen molar-refractivity contribution in [1.29, 1.82) is 0 Å². The maximum atomic E-state index is 5.60. The third-order valence-electron chi connectivity index (χ3n) is 3.76. The highest BCUT2D eigenvalue weighted by atomic mass is 79.9. The fourth-order valence-electron chi connectivity index (χ4n) is 2.75. The van der Waals surface area contributed by atoms with Crippen LogP contribution in [0.4, 0.5) is 0 Å². The average molecular weight is 370 g/mol. The normalized spacial score (nSPS) is 17.9. The Hall–Kier alpha value is -0.620. The first-order chi connectivity index (χ1) is 10.3. The highest BCUT2D eigenvalue weighted by Gasteiger charge is 2.21. The topological polar surface area (TPSA) is 34.4 Å². The van der Waals surface area contributed by atoms with E-state index in [0.717, 1.165) is 25.3 Å². The maximum absolute atomic E-state index is 5.60. The molecule has 0 aromatic carbocycles. The smallest absolute Gasteiger partial charge is 0.129 e. The molecule has 0 saturated carbocycles. The summed E-state index contributed by atoms with van der Waals surface area (Å²) < 4.78 is 12.1. The average Bonchev–Trinajstić information content (AvgIpc) is 3.11. The quantitative estimate of drug-likeness (QED) is 0.719. The summed E-state index contributed by atoms with van der Waals surface area (Å²) in [4.78, 5) is 1.54. The van der Waals surface area contributed by atoms with Crippen molar-refractivity contribution >= 4 is 27.3 Å². The van der Waals surface area contributed by atoms with Crippen LogP contribution in [0.3, 0.4) is 0 Å². The lowest BCUT2D eigenvalue weighted by molar-refractivity contribution is 0.103. The van der Waals surface area contributed by atoms with Crippen molar-refractivity contribution in [3.8, 4) is 0 Å². The van der Waals surface area contributed by atoms with Crippen LogP contribution in [0.2, 0.25) is 0 Å². The Morgan fingerprint density at radius 2 is 2.43 bits per heavy atom. The Morgan fingerprint density at radius 1 is 1.48 bits per heavy atom. The minimum Gasteiger partial charge on any atom is -0.467 e. The van der Waals surface area contributed by atoms with Crippen LogP contribution in [0.15, 0.2) is 32.7 Å². The Bertz CT molecular complexity index is 553. The van der Waals surface area contributed by atoms with E-state index in [2.05, 4.69) is 27.3 Å². The number of ether oxygens (including phenoxy) is 1. The summed E-state index contributed by atoms with van der Waals surface area (Å²) >= 11 is 5.48. The van der Waals surface area contributed by atoms with E-state index < -0.39 is 0 Å². The summed E-state index contributed by atoms with van der Waals surface area (Å²) in [5, 5.41) is 3.67. The lowest BCUT2D eigenvalue weighted by Gasteiger charge is -2.23. The van der Waals surface area contributed by atoms with Gasteiger partial charge >= 0.3 is 0 Å². The first kappa shape index (κ1) is 15.3. The van der Waals surface area contributed by atoms with Gasteiger partial charge in [-0.25, -0.2) is 0 Å². The number of nitrogens with one attached hydrogen (secondary N) is 1. The van der Waals surface area contributed by atoms with Gasteiger partial charge in [0, 0.05) is 17.5 Å². The molecular weight excluding hydrogens is 350 g/mol. The number of thiophene rings is 1. The Labute approximate surface area is 137 Å². The second-order valence-corrected chi connectivity index (χ2v) is 7.83. The molecule has 5 heteroatoms.